The molecule has 0 saturated carbocycles. The van der Waals surface area contributed by atoms with E-state index in [1.165, 1.54) is 6.33 Å². The van der Waals surface area contributed by atoms with Gasteiger partial charge in [-0.2, -0.15) is 0 Å². The first-order valence-corrected chi connectivity index (χ1v) is 3.01. The first kappa shape index (κ1) is 5.40. The molecule has 0 bridgehead atoms. The van der Waals surface area contributed by atoms with Gasteiger partial charge in [-0.05, 0) is 0 Å². The summed E-state index contributed by atoms with van der Waals surface area (Å²) in [5.41, 5.74) is 0. The average Bonchev–Trinajstić information content (AvgIpc) is 2.05. The van der Waals surface area contributed by atoms with E-state index in [2.05, 4.69) is 20.5 Å². The van der Waals surface area contributed by atoms with Gasteiger partial charge in [0.1, 0.15) is 12.9 Å². The van der Waals surface area contributed by atoms with Gasteiger partial charge in [0.15, 0.2) is 5.82 Å². The van der Waals surface area contributed by atoms with Crippen LogP contribution in [0.3, 0.4) is 0 Å². The lowest BCUT2D eigenvalue weighted by Gasteiger charge is -2.14. The number of anilines is 1. The highest BCUT2D eigenvalue weighted by Gasteiger charge is 2.10. The molecule has 0 aromatic carbocycles. The molecule has 0 atom stereocenters. The van der Waals surface area contributed by atoms with E-state index in [-0.39, 0.29) is 0 Å². The molecular formula is C5H6N4O. The quantitative estimate of drug-likeness (QED) is 0.532. The topological polar surface area (TPSA) is 59.9 Å². The molecule has 2 rings (SSSR count). The minimum Gasteiger partial charge on any atom is -0.472 e. The second kappa shape index (κ2) is 2.09. The van der Waals surface area contributed by atoms with Crippen LogP contribution in [0.1, 0.15) is 0 Å². The summed E-state index contributed by atoms with van der Waals surface area (Å²) in [6.07, 6.45) is 1.39. The summed E-state index contributed by atoms with van der Waals surface area (Å²) in [6.45, 7) is 1.42. The van der Waals surface area contributed by atoms with Crippen LogP contribution in [0.2, 0.25) is 0 Å². The maximum absolute atomic E-state index is 5.12. The number of ether oxygens (including phenoxy) is 1. The molecule has 10 heavy (non-hydrogen) atoms. The SMILES string of the molecule is c1nnc2c(n1)NCCO2. The van der Waals surface area contributed by atoms with Crippen LogP contribution in [0, 0.1) is 0 Å². The molecule has 5 heteroatoms. The van der Waals surface area contributed by atoms with Crippen LogP contribution in [0.5, 0.6) is 5.88 Å². The van der Waals surface area contributed by atoms with Crippen molar-refractivity contribution in [3.63, 3.8) is 0 Å². The van der Waals surface area contributed by atoms with Gasteiger partial charge in [-0.25, -0.2) is 4.98 Å². The van der Waals surface area contributed by atoms with Gasteiger partial charge in [0.2, 0.25) is 0 Å². The van der Waals surface area contributed by atoms with E-state index in [9.17, 15) is 0 Å². The average molecular weight is 138 g/mol. The number of hydrogen-bond donors (Lipinski definition) is 1. The summed E-state index contributed by atoms with van der Waals surface area (Å²) in [6, 6.07) is 0. The van der Waals surface area contributed by atoms with Crippen molar-refractivity contribution < 1.29 is 4.74 Å². The fourth-order valence-corrected chi connectivity index (χ4v) is 0.800. The first-order valence-electron chi connectivity index (χ1n) is 3.01. The summed E-state index contributed by atoms with van der Waals surface area (Å²) in [5, 5.41) is 10.3. The van der Waals surface area contributed by atoms with Crippen LogP contribution < -0.4 is 10.1 Å². The lowest BCUT2D eigenvalue weighted by atomic mass is 10.5. The van der Waals surface area contributed by atoms with Crippen molar-refractivity contribution in [2.45, 2.75) is 0 Å². The molecule has 1 aromatic heterocycles. The molecule has 0 radical (unpaired) electrons. The van der Waals surface area contributed by atoms with E-state index in [4.69, 9.17) is 4.74 Å². The predicted molar refractivity (Wildman–Crippen MR) is 33.8 cm³/mol. The van der Waals surface area contributed by atoms with Crippen molar-refractivity contribution in [2.24, 2.45) is 0 Å². The Kier molecular flexibility index (Phi) is 1.13. The third-order valence-corrected chi connectivity index (χ3v) is 1.22. The molecule has 1 N–H and O–H groups in total. The van der Waals surface area contributed by atoms with Crippen LogP contribution in [-0.4, -0.2) is 28.3 Å². The number of rotatable bonds is 0. The standard InChI is InChI=1S/C5H6N4O/c1-2-10-5-4(6-1)7-3-8-9-5/h3H,1-2H2,(H,6,7,8). The van der Waals surface area contributed by atoms with Gasteiger partial charge in [-0.3, -0.25) is 0 Å². The maximum Gasteiger partial charge on any atom is 0.276 e. The van der Waals surface area contributed by atoms with E-state index >= 15 is 0 Å². The lowest BCUT2D eigenvalue weighted by Crippen LogP contribution is -2.20. The summed E-state index contributed by atoms with van der Waals surface area (Å²) in [4.78, 5) is 3.91. The van der Waals surface area contributed by atoms with E-state index < -0.39 is 0 Å². The van der Waals surface area contributed by atoms with Crippen molar-refractivity contribution in [2.75, 3.05) is 18.5 Å². The molecule has 1 aromatic rings. The summed E-state index contributed by atoms with van der Waals surface area (Å²) < 4.78 is 5.12. The molecule has 0 unspecified atom stereocenters. The van der Waals surface area contributed by atoms with E-state index in [0.717, 1.165) is 6.54 Å². The van der Waals surface area contributed by atoms with Crippen molar-refractivity contribution in [3.05, 3.63) is 6.33 Å². The van der Waals surface area contributed by atoms with Gasteiger partial charge < -0.3 is 10.1 Å². The zero-order valence-electron chi connectivity index (χ0n) is 5.24. The Labute approximate surface area is 57.4 Å². The molecule has 52 valence electrons. The highest BCUT2D eigenvalue weighted by Crippen LogP contribution is 2.18. The Morgan fingerprint density at radius 2 is 2.60 bits per heavy atom. The summed E-state index contributed by atoms with van der Waals surface area (Å²) >= 11 is 0. The maximum atomic E-state index is 5.12. The van der Waals surface area contributed by atoms with Gasteiger partial charge >= 0.3 is 0 Å². The second-order valence-corrected chi connectivity index (χ2v) is 1.89. The summed E-state index contributed by atoms with van der Waals surface area (Å²) in [5.74, 6) is 1.18. The molecule has 0 aliphatic carbocycles. The zero-order valence-corrected chi connectivity index (χ0v) is 5.24. The normalized spacial score (nSPS) is 14.8. The van der Waals surface area contributed by atoms with Gasteiger partial charge in [0, 0.05) is 0 Å². The minimum atomic E-state index is 0.494. The highest BCUT2D eigenvalue weighted by atomic mass is 16.5. The van der Waals surface area contributed by atoms with Crippen LogP contribution >= 0.6 is 0 Å². The highest BCUT2D eigenvalue weighted by molar-refractivity contribution is 5.45. The van der Waals surface area contributed by atoms with Gasteiger partial charge in [0.05, 0.1) is 6.54 Å². The Morgan fingerprint density at radius 3 is 3.50 bits per heavy atom. The number of nitrogens with zero attached hydrogens (tertiary/aromatic N) is 3. The first-order chi connectivity index (χ1) is 4.97. The monoisotopic (exact) mass is 138 g/mol. The van der Waals surface area contributed by atoms with Crippen molar-refractivity contribution in [3.8, 4) is 5.88 Å². The molecule has 1 aliphatic rings. The van der Waals surface area contributed by atoms with E-state index in [1.807, 2.05) is 0 Å². The second-order valence-electron chi connectivity index (χ2n) is 1.89. The number of hydrogen-bond acceptors (Lipinski definition) is 5. The van der Waals surface area contributed by atoms with E-state index in [1.54, 1.807) is 0 Å². The third-order valence-electron chi connectivity index (χ3n) is 1.22. The van der Waals surface area contributed by atoms with Crippen molar-refractivity contribution in [1.29, 1.82) is 0 Å². The molecule has 1 aliphatic heterocycles. The fourth-order valence-electron chi connectivity index (χ4n) is 0.800. The van der Waals surface area contributed by atoms with Crippen molar-refractivity contribution in [1.82, 2.24) is 15.2 Å². The van der Waals surface area contributed by atoms with Crippen LogP contribution in [-0.2, 0) is 0 Å². The molecule has 0 amide bonds. The van der Waals surface area contributed by atoms with Gasteiger partial charge in [-0.1, -0.05) is 0 Å². The molecule has 2 heterocycles. The molecular weight excluding hydrogens is 132 g/mol. The number of aromatic nitrogens is 3. The van der Waals surface area contributed by atoms with E-state index in [0.29, 0.717) is 18.3 Å². The fraction of sp³-hybridized carbons (Fsp3) is 0.400. The molecule has 0 saturated heterocycles. The predicted octanol–water partition coefficient (Wildman–Crippen LogP) is -0.324. The van der Waals surface area contributed by atoms with Gasteiger partial charge in [0.25, 0.3) is 5.88 Å². The Balaban J connectivity index is 2.41. The van der Waals surface area contributed by atoms with Crippen molar-refractivity contribution >= 4 is 5.82 Å². The lowest BCUT2D eigenvalue weighted by molar-refractivity contribution is 0.304. The van der Waals surface area contributed by atoms with Crippen LogP contribution in [0.15, 0.2) is 6.33 Å². The zero-order chi connectivity index (χ0) is 6.81. The molecule has 0 fully saturated rings. The summed E-state index contributed by atoms with van der Waals surface area (Å²) in [7, 11) is 0. The molecule has 0 spiro atoms. The Bertz CT molecular complexity index is 214. The molecule has 5 nitrogen and oxygen atoms in total. The largest absolute Gasteiger partial charge is 0.472 e. The third kappa shape index (κ3) is 0.754. The van der Waals surface area contributed by atoms with Crippen LogP contribution in [0.25, 0.3) is 0 Å². The Hall–Kier alpha value is -1.39. The smallest absolute Gasteiger partial charge is 0.276 e. The number of nitrogens with one attached hydrogen (secondary N) is 1. The number of fused-ring (bicyclic) bond motifs is 1. The minimum absolute atomic E-state index is 0.494. The Morgan fingerprint density at radius 1 is 1.60 bits per heavy atom. The van der Waals surface area contributed by atoms with Crippen LogP contribution in [0.4, 0.5) is 5.82 Å². The van der Waals surface area contributed by atoms with Gasteiger partial charge in [-0.15, -0.1) is 10.2 Å².